The van der Waals surface area contributed by atoms with Crippen LogP contribution in [0.5, 0.6) is 0 Å². The highest BCUT2D eigenvalue weighted by Gasteiger charge is 2.40. The van der Waals surface area contributed by atoms with Crippen LogP contribution >= 0.6 is 0 Å². The molecule has 100 valence electrons. The first-order valence-corrected chi connectivity index (χ1v) is 7.25. The fraction of sp³-hybridized carbons (Fsp3) is 1.00. The largest absolute Gasteiger partial charge is 0.393 e. The highest BCUT2D eigenvalue weighted by Crippen LogP contribution is 2.48. The van der Waals surface area contributed by atoms with Crippen LogP contribution in [0.25, 0.3) is 0 Å². The summed E-state index contributed by atoms with van der Waals surface area (Å²) in [6.45, 7) is 8.46. The van der Waals surface area contributed by atoms with E-state index in [-0.39, 0.29) is 11.5 Å². The molecule has 2 aliphatic rings. The number of rotatable bonds is 5. The van der Waals surface area contributed by atoms with Crippen LogP contribution < -0.4 is 0 Å². The highest BCUT2D eigenvalue weighted by atomic mass is 16.3. The monoisotopic (exact) mass is 239 g/mol. The van der Waals surface area contributed by atoms with Gasteiger partial charge in [0.1, 0.15) is 0 Å². The molecule has 2 nitrogen and oxygen atoms in total. The van der Waals surface area contributed by atoms with Gasteiger partial charge in [0, 0.05) is 18.5 Å². The molecule has 0 aromatic heterocycles. The summed E-state index contributed by atoms with van der Waals surface area (Å²) in [5.41, 5.74) is 0.00632. The third-order valence-electron chi connectivity index (χ3n) is 5.24. The van der Waals surface area contributed by atoms with E-state index in [1.165, 1.54) is 32.2 Å². The first kappa shape index (κ1) is 13.4. The van der Waals surface area contributed by atoms with Gasteiger partial charge in [-0.2, -0.15) is 0 Å². The van der Waals surface area contributed by atoms with Gasteiger partial charge in [-0.15, -0.1) is 0 Å². The predicted octanol–water partition coefficient (Wildman–Crippen LogP) is 2.76. The van der Waals surface area contributed by atoms with Crippen molar-refractivity contribution < 1.29 is 5.11 Å². The molecule has 2 saturated carbocycles. The summed E-state index contributed by atoms with van der Waals surface area (Å²) >= 11 is 0. The summed E-state index contributed by atoms with van der Waals surface area (Å²) in [5.74, 6) is 2.99. The molecule has 0 amide bonds. The lowest BCUT2D eigenvalue weighted by atomic mass is 9.85. The van der Waals surface area contributed by atoms with Gasteiger partial charge in [-0.25, -0.2) is 0 Å². The van der Waals surface area contributed by atoms with Crippen LogP contribution in [-0.4, -0.2) is 36.2 Å². The summed E-state index contributed by atoms with van der Waals surface area (Å²) in [5, 5.41) is 9.77. The van der Waals surface area contributed by atoms with E-state index in [2.05, 4.69) is 25.8 Å². The number of fused-ring (bicyclic) bond motifs is 2. The van der Waals surface area contributed by atoms with Crippen molar-refractivity contribution in [3.05, 3.63) is 0 Å². The summed E-state index contributed by atoms with van der Waals surface area (Å²) in [7, 11) is 2.22. The Balaban J connectivity index is 1.80. The minimum Gasteiger partial charge on any atom is -0.393 e. The smallest absolute Gasteiger partial charge is 0.0575 e. The van der Waals surface area contributed by atoms with Crippen molar-refractivity contribution in [3.63, 3.8) is 0 Å². The normalized spacial score (nSPS) is 34.6. The zero-order valence-corrected chi connectivity index (χ0v) is 11.9. The van der Waals surface area contributed by atoms with Gasteiger partial charge >= 0.3 is 0 Å². The number of hydrogen-bond donors (Lipinski definition) is 1. The molecule has 2 bridgehead atoms. The van der Waals surface area contributed by atoms with E-state index >= 15 is 0 Å². The Labute approximate surface area is 106 Å². The summed E-state index contributed by atoms with van der Waals surface area (Å²) in [6, 6.07) is 0. The molecule has 0 spiro atoms. The van der Waals surface area contributed by atoms with Gasteiger partial charge in [-0.1, -0.05) is 20.3 Å². The maximum Gasteiger partial charge on any atom is 0.0575 e. The Morgan fingerprint density at radius 2 is 2.00 bits per heavy atom. The molecule has 2 heteroatoms. The molecule has 2 rings (SSSR count). The first-order chi connectivity index (χ1) is 7.88. The molecule has 0 heterocycles. The summed E-state index contributed by atoms with van der Waals surface area (Å²) in [4.78, 5) is 2.44. The number of hydrogen-bond acceptors (Lipinski definition) is 2. The maximum absolute atomic E-state index is 9.77. The van der Waals surface area contributed by atoms with Crippen molar-refractivity contribution in [2.75, 3.05) is 20.1 Å². The molecule has 0 aromatic carbocycles. The van der Waals surface area contributed by atoms with Gasteiger partial charge in [0.05, 0.1) is 6.10 Å². The van der Waals surface area contributed by atoms with E-state index < -0.39 is 0 Å². The lowest BCUT2D eigenvalue weighted by Gasteiger charge is -2.35. The van der Waals surface area contributed by atoms with Crippen molar-refractivity contribution in [2.45, 2.75) is 52.6 Å². The van der Waals surface area contributed by atoms with E-state index in [9.17, 15) is 5.11 Å². The second-order valence-electron chi connectivity index (χ2n) is 7.30. The quantitative estimate of drug-likeness (QED) is 0.797. The van der Waals surface area contributed by atoms with Crippen molar-refractivity contribution in [2.24, 2.45) is 23.2 Å². The zero-order valence-electron chi connectivity index (χ0n) is 11.9. The van der Waals surface area contributed by atoms with Crippen LogP contribution in [0.1, 0.15) is 46.5 Å². The van der Waals surface area contributed by atoms with E-state index in [1.54, 1.807) is 0 Å². The molecule has 17 heavy (non-hydrogen) atoms. The lowest BCUT2D eigenvalue weighted by molar-refractivity contribution is 0.0352. The Hall–Kier alpha value is -0.0800. The number of nitrogens with zero attached hydrogens (tertiary/aromatic N) is 1. The van der Waals surface area contributed by atoms with Gasteiger partial charge in [0.15, 0.2) is 0 Å². The summed E-state index contributed by atoms with van der Waals surface area (Å²) in [6.07, 6.45) is 5.69. The molecule has 4 unspecified atom stereocenters. The Morgan fingerprint density at radius 3 is 2.47 bits per heavy atom. The van der Waals surface area contributed by atoms with Gasteiger partial charge in [0.25, 0.3) is 0 Å². The van der Waals surface area contributed by atoms with Crippen molar-refractivity contribution in [1.29, 1.82) is 0 Å². The second kappa shape index (κ2) is 4.89. The third kappa shape index (κ3) is 3.03. The molecule has 0 aliphatic heterocycles. The van der Waals surface area contributed by atoms with Crippen LogP contribution in [0.2, 0.25) is 0 Å². The zero-order chi connectivity index (χ0) is 12.6. The highest BCUT2D eigenvalue weighted by molar-refractivity contribution is 4.91. The van der Waals surface area contributed by atoms with Crippen LogP contribution in [0.3, 0.4) is 0 Å². The Morgan fingerprint density at radius 1 is 1.29 bits per heavy atom. The molecular weight excluding hydrogens is 210 g/mol. The molecule has 0 radical (unpaired) electrons. The molecule has 2 fully saturated rings. The Bertz CT molecular complexity index is 262. The SMILES string of the molecule is CC(O)C(C)(C)CN(C)CC1CC2CCC1C2. The van der Waals surface area contributed by atoms with Crippen LogP contribution in [-0.2, 0) is 0 Å². The molecule has 1 N–H and O–H groups in total. The number of aliphatic hydroxyl groups excluding tert-OH is 1. The van der Waals surface area contributed by atoms with E-state index in [4.69, 9.17) is 0 Å². The van der Waals surface area contributed by atoms with Gasteiger partial charge < -0.3 is 10.0 Å². The van der Waals surface area contributed by atoms with Crippen molar-refractivity contribution in [3.8, 4) is 0 Å². The maximum atomic E-state index is 9.77. The fourth-order valence-electron chi connectivity index (χ4n) is 3.89. The third-order valence-corrected chi connectivity index (χ3v) is 5.24. The van der Waals surface area contributed by atoms with E-state index in [0.29, 0.717) is 0 Å². The van der Waals surface area contributed by atoms with Crippen molar-refractivity contribution >= 4 is 0 Å². The number of aliphatic hydroxyl groups is 1. The van der Waals surface area contributed by atoms with Crippen LogP contribution in [0, 0.1) is 23.2 Å². The topological polar surface area (TPSA) is 23.5 Å². The standard InChI is InChI=1S/C15H29NO/c1-11(17)15(2,3)10-16(4)9-14-8-12-5-6-13(14)7-12/h11-14,17H,5-10H2,1-4H3. The van der Waals surface area contributed by atoms with Crippen molar-refractivity contribution in [1.82, 2.24) is 4.90 Å². The fourth-order valence-corrected chi connectivity index (χ4v) is 3.89. The summed E-state index contributed by atoms with van der Waals surface area (Å²) < 4.78 is 0. The van der Waals surface area contributed by atoms with E-state index in [0.717, 1.165) is 24.3 Å². The first-order valence-electron chi connectivity index (χ1n) is 7.25. The van der Waals surface area contributed by atoms with Gasteiger partial charge in [0.2, 0.25) is 0 Å². The lowest BCUT2D eigenvalue weighted by Crippen LogP contribution is -2.41. The minimum atomic E-state index is -0.232. The van der Waals surface area contributed by atoms with Gasteiger partial charge in [-0.3, -0.25) is 0 Å². The second-order valence-corrected chi connectivity index (χ2v) is 7.30. The molecule has 0 saturated heterocycles. The van der Waals surface area contributed by atoms with Crippen LogP contribution in [0.15, 0.2) is 0 Å². The average molecular weight is 239 g/mol. The van der Waals surface area contributed by atoms with Gasteiger partial charge in [-0.05, 0) is 51.0 Å². The molecule has 2 aliphatic carbocycles. The average Bonchev–Trinajstić information content (AvgIpc) is 2.77. The predicted molar refractivity (Wildman–Crippen MR) is 71.9 cm³/mol. The van der Waals surface area contributed by atoms with Crippen LogP contribution in [0.4, 0.5) is 0 Å². The van der Waals surface area contributed by atoms with E-state index in [1.807, 2.05) is 6.92 Å². The molecule has 4 atom stereocenters. The minimum absolute atomic E-state index is 0.00632. The Kier molecular flexibility index (Phi) is 3.84. The molecule has 0 aromatic rings. The molecular formula is C15H29NO.